The van der Waals surface area contributed by atoms with Crippen LogP contribution < -0.4 is 29.2 Å². The summed E-state index contributed by atoms with van der Waals surface area (Å²) in [5.74, 6) is 1.29. The Balaban J connectivity index is 0. The number of hydrogen-bond acceptors (Lipinski definition) is 1. The first-order valence-electron chi connectivity index (χ1n) is 7.94. The smallest absolute Gasteiger partial charge is 1.00 e. The molecule has 1 aliphatic rings. The van der Waals surface area contributed by atoms with Gasteiger partial charge in [-0.2, -0.15) is 17.2 Å². The van der Waals surface area contributed by atoms with E-state index in [1.807, 2.05) is 0 Å². The van der Waals surface area contributed by atoms with Gasteiger partial charge in [0, 0.05) is 0 Å². The molecule has 0 amide bonds. The third kappa shape index (κ3) is 5.72. The van der Waals surface area contributed by atoms with Gasteiger partial charge in [0.25, 0.3) is 0 Å². The molecule has 1 aromatic rings. The second kappa shape index (κ2) is 10.6. The summed E-state index contributed by atoms with van der Waals surface area (Å²) < 4.78 is 6.36. The van der Waals surface area contributed by atoms with Gasteiger partial charge in [0.15, 0.2) is 0 Å². The van der Waals surface area contributed by atoms with Crippen LogP contribution in [0.4, 0.5) is 0 Å². The molecule has 0 saturated heterocycles. The summed E-state index contributed by atoms with van der Waals surface area (Å²) in [7, 11) is -1.03. The van der Waals surface area contributed by atoms with E-state index in [9.17, 15) is 0 Å². The third-order valence-electron chi connectivity index (χ3n) is 4.31. The molecule has 1 radical (unpaired) electrons. The zero-order chi connectivity index (χ0) is 14.0. The van der Waals surface area contributed by atoms with Crippen LogP contribution in [0.3, 0.4) is 0 Å². The molecular formula is C17H29Cl2OSiZr. The average molecular weight is 440 g/mol. The van der Waals surface area contributed by atoms with Crippen LogP contribution in [-0.2, 0) is 44.5 Å². The zero-order valence-corrected chi connectivity index (χ0v) is 19.7. The van der Waals surface area contributed by atoms with Crippen molar-refractivity contribution in [2.45, 2.75) is 77.8 Å². The van der Waals surface area contributed by atoms with Crippen LogP contribution in [-0.4, -0.2) is 9.04 Å². The van der Waals surface area contributed by atoms with E-state index in [4.69, 9.17) is 4.43 Å². The summed E-state index contributed by atoms with van der Waals surface area (Å²) in [5, 5.41) is 0. The van der Waals surface area contributed by atoms with Crippen LogP contribution >= 0.6 is 0 Å². The molecule has 0 bridgehead atoms. The standard InChI is InChI=1S/C17H29OSi.2ClH.Zr/c1-6-11-17(2,3)15-12-13-9-7-8-10-14(13)16(15)18-19(4)5;;;/h12,19H,6-11H2,1-5H3;2*1H;/q-1;;;+3/p-2. The minimum absolute atomic E-state index is 0. The van der Waals surface area contributed by atoms with Crippen molar-refractivity contribution in [2.75, 3.05) is 0 Å². The molecule has 0 fully saturated rings. The van der Waals surface area contributed by atoms with E-state index in [1.54, 1.807) is 11.1 Å². The molecule has 0 heterocycles. The van der Waals surface area contributed by atoms with Crippen molar-refractivity contribution in [3.8, 4) is 5.75 Å². The van der Waals surface area contributed by atoms with Crippen molar-refractivity contribution in [1.82, 2.24) is 0 Å². The van der Waals surface area contributed by atoms with E-state index < -0.39 is 9.04 Å². The van der Waals surface area contributed by atoms with Crippen molar-refractivity contribution in [3.63, 3.8) is 0 Å². The fourth-order valence-corrected chi connectivity index (χ4v) is 4.12. The molecule has 1 aliphatic carbocycles. The van der Waals surface area contributed by atoms with Gasteiger partial charge >= 0.3 is 26.2 Å². The van der Waals surface area contributed by atoms with Gasteiger partial charge in [-0.05, 0) is 30.7 Å². The Bertz CT molecular complexity index is 444. The van der Waals surface area contributed by atoms with Crippen molar-refractivity contribution in [2.24, 2.45) is 0 Å². The molecule has 5 heteroatoms. The number of halogens is 2. The van der Waals surface area contributed by atoms with Crippen molar-refractivity contribution in [1.29, 1.82) is 0 Å². The van der Waals surface area contributed by atoms with Gasteiger partial charge < -0.3 is 29.2 Å². The SMILES string of the molecule is CCCC(C)(C)c1[cH-]c2c(c1O[SiH](C)C)CCCC2.[Cl-].[Cl-].[Zr+3]. The Morgan fingerprint density at radius 2 is 1.73 bits per heavy atom. The Kier molecular flexibility index (Phi) is 12.1. The summed E-state index contributed by atoms with van der Waals surface area (Å²) in [6.45, 7) is 11.6. The van der Waals surface area contributed by atoms with Gasteiger partial charge in [-0.15, -0.1) is 5.56 Å². The van der Waals surface area contributed by atoms with Crippen molar-refractivity contribution in [3.05, 3.63) is 22.8 Å². The van der Waals surface area contributed by atoms with Crippen LogP contribution in [0.25, 0.3) is 0 Å². The molecule has 0 spiro atoms. The van der Waals surface area contributed by atoms with Crippen LogP contribution in [0.1, 0.15) is 63.1 Å². The third-order valence-corrected chi connectivity index (χ3v) is 5.01. The van der Waals surface area contributed by atoms with Gasteiger partial charge in [-0.1, -0.05) is 52.9 Å². The molecule has 0 saturated carbocycles. The van der Waals surface area contributed by atoms with Gasteiger partial charge in [0.05, 0.1) is 0 Å². The molecule has 0 N–H and O–H groups in total. The first-order valence-corrected chi connectivity index (χ1v) is 10.7. The second-order valence-electron chi connectivity index (χ2n) is 6.90. The van der Waals surface area contributed by atoms with Crippen LogP contribution in [0.15, 0.2) is 6.07 Å². The van der Waals surface area contributed by atoms with E-state index in [0.29, 0.717) is 0 Å². The van der Waals surface area contributed by atoms with E-state index in [-0.39, 0.29) is 56.4 Å². The number of aryl methyl sites for hydroxylation is 1. The maximum Gasteiger partial charge on any atom is 3.00 e. The molecule has 1 aromatic carbocycles. The maximum atomic E-state index is 6.36. The molecule has 0 atom stereocenters. The predicted octanol–water partition coefficient (Wildman–Crippen LogP) is -1.27. The topological polar surface area (TPSA) is 9.23 Å². The number of rotatable bonds is 5. The summed E-state index contributed by atoms with van der Waals surface area (Å²) in [6.07, 6.45) is 7.65. The molecule has 2 rings (SSSR count). The summed E-state index contributed by atoms with van der Waals surface area (Å²) in [4.78, 5) is 0. The van der Waals surface area contributed by atoms with Crippen LogP contribution in [0, 0.1) is 0 Å². The number of fused-ring (bicyclic) bond motifs is 1. The summed E-state index contributed by atoms with van der Waals surface area (Å²) in [6, 6.07) is 2.47. The Morgan fingerprint density at radius 3 is 2.27 bits per heavy atom. The largest absolute Gasteiger partial charge is 3.00 e. The quantitative estimate of drug-likeness (QED) is 0.411. The monoisotopic (exact) mass is 437 g/mol. The Hall–Kier alpha value is 0.830. The molecule has 22 heavy (non-hydrogen) atoms. The molecule has 0 unspecified atom stereocenters. The average Bonchev–Trinajstić information content (AvgIpc) is 2.68. The fraction of sp³-hybridized carbons (Fsp3) is 0.706. The van der Waals surface area contributed by atoms with E-state index in [1.165, 1.54) is 49.8 Å². The van der Waals surface area contributed by atoms with Crippen LogP contribution in [0.5, 0.6) is 5.75 Å². The fourth-order valence-electron chi connectivity index (χ4n) is 3.38. The molecule has 1 nitrogen and oxygen atoms in total. The van der Waals surface area contributed by atoms with Gasteiger partial charge in [-0.3, -0.25) is 0 Å². The number of hydrogen-bond donors (Lipinski definition) is 0. The zero-order valence-electron chi connectivity index (χ0n) is 14.6. The predicted molar refractivity (Wildman–Crippen MR) is 86.1 cm³/mol. The molecule has 125 valence electrons. The minimum Gasteiger partial charge on any atom is -1.00 e. The molecule has 0 aromatic heterocycles. The minimum atomic E-state index is -1.03. The van der Waals surface area contributed by atoms with Gasteiger partial charge in [0.2, 0.25) is 9.04 Å². The van der Waals surface area contributed by atoms with Crippen molar-refractivity contribution >= 4 is 9.04 Å². The summed E-state index contributed by atoms with van der Waals surface area (Å²) >= 11 is 0. The summed E-state index contributed by atoms with van der Waals surface area (Å²) in [5.41, 5.74) is 4.87. The first kappa shape index (κ1) is 25.1. The Labute approximate surface area is 170 Å². The normalized spacial score (nSPS) is 13.5. The van der Waals surface area contributed by atoms with Gasteiger partial charge in [0.1, 0.15) is 0 Å². The first-order chi connectivity index (χ1) is 8.95. The van der Waals surface area contributed by atoms with E-state index >= 15 is 0 Å². The molecule has 0 aliphatic heterocycles. The Morgan fingerprint density at radius 1 is 1.14 bits per heavy atom. The van der Waals surface area contributed by atoms with Crippen LogP contribution in [0.2, 0.25) is 13.1 Å². The van der Waals surface area contributed by atoms with E-state index in [0.717, 1.165) is 0 Å². The van der Waals surface area contributed by atoms with Crippen molar-refractivity contribution < 1.29 is 55.4 Å². The second-order valence-corrected chi connectivity index (χ2v) is 9.23. The van der Waals surface area contributed by atoms with E-state index in [2.05, 4.69) is 39.9 Å². The van der Waals surface area contributed by atoms with Gasteiger partial charge in [-0.25, -0.2) is 0 Å². The maximum absolute atomic E-state index is 6.36. The molecular weight excluding hydrogens is 410 g/mol.